The van der Waals surface area contributed by atoms with E-state index < -0.39 is 0 Å². The molecule has 0 aliphatic rings. The summed E-state index contributed by atoms with van der Waals surface area (Å²) in [5.41, 5.74) is 1.02. The Morgan fingerprint density at radius 2 is 2.22 bits per heavy atom. The van der Waals surface area contributed by atoms with E-state index in [-0.39, 0.29) is 6.04 Å². The van der Waals surface area contributed by atoms with Crippen LogP contribution in [0.15, 0.2) is 45.5 Å². The average molecular weight is 329 g/mol. The molecular weight excluding hydrogens is 314 g/mol. The molecule has 0 saturated heterocycles. The summed E-state index contributed by atoms with van der Waals surface area (Å²) in [6.45, 7) is 3.04. The predicted molar refractivity (Wildman–Crippen MR) is 78.0 cm³/mol. The van der Waals surface area contributed by atoms with Crippen molar-refractivity contribution in [3.8, 4) is 0 Å². The lowest BCUT2D eigenvalue weighted by Gasteiger charge is -2.18. The molecule has 2 nitrogen and oxygen atoms in total. The van der Waals surface area contributed by atoms with E-state index >= 15 is 0 Å². The summed E-state index contributed by atoms with van der Waals surface area (Å²) < 4.78 is 6.52. The molecule has 1 aromatic carbocycles. The van der Waals surface area contributed by atoms with Crippen LogP contribution in [-0.4, -0.2) is 6.54 Å². The highest BCUT2D eigenvalue weighted by Gasteiger charge is 2.19. The van der Waals surface area contributed by atoms with Crippen LogP contribution in [0.1, 0.15) is 30.7 Å². The van der Waals surface area contributed by atoms with Gasteiger partial charge in [0.1, 0.15) is 5.76 Å². The van der Waals surface area contributed by atoms with Gasteiger partial charge in [-0.1, -0.05) is 34.5 Å². The molecule has 0 fully saturated rings. The lowest BCUT2D eigenvalue weighted by molar-refractivity contribution is 0.446. The maximum atomic E-state index is 6.28. The summed E-state index contributed by atoms with van der Waals surface area (Å²) in [7, 11) is 0. The quantitative estimate of drug-likeness (QED) is 0.854. The third-order valence-electron chi connectivity index (χ3n) is 2.70. The third kappa shape index (κ3) is 3.16. The molecule has 0 bridgehead atoms. The zero-order valence-electron chi connectivity index (χ0n) is 10.1. The maximum absolute atomic E-state index is 6.28. The van der Waals surface area contributed by atoms with E-state index in [1.54, 1.807) is 6.26 Å². The van der Waals surface area contributed by atoms with Crippen LogP contribution in [0.3, 0.4) is 0 Å². The number of furan rings is 1. The fourth-order valence-corrected chi connectivity index (χ4v) is 2.45. The van der Waals surface area contributed by atoms with Crippen LogP contribution in [-0.2, 0) is 0 Å². The minimum atomic E-state index is -0.00931. The van der Waals surface area contributed by atoms with Crippen molar-refractivity contribution in [3.05, 3.63) is 57.4 Å². The largest absolute Gasteiger partial charge is 0.467 e. The van der Waals surface area contributed by atoms with Crippen LogP contribution in [0.2, 0.25) is 5.02 Å². The fraction of sp³-hybridized carbons (Fsp3) is 0.286. The molecule has 1 aromatic heterocycles. The van der Waals surface area contributed by atoms with Crippen LogP contribution in [0.25, 0.3) is 0 Å². The lowest BCUT2D eigenvalue weighted by atomic mass is 10.0. The van der Waals surface area contributed by atoms with Crippen LogP contribution in [0, 0.1) is 0 Å². The summed E-state index contributed by atoms with van der Waals surface area (Å²) in [6.07, 6.45) is 2.74. The third-order valence-corrected chi connectivity index (χ3v) is 3.53. The number of hydrogen-bond donors (Lipinski definition) is 1. The molecule has 1 N–H and O–H groups in total. The molecular formula is C14H15BrClNO. The molecule has 0 aliphatic heterocycles. The molecule has 18 heavy (non-hydrogen) atoms. The summed E-state index contributed by atoms with van der Waals surface area (Å²) in [5.74, 6) is 0.878. The topological polar surface area (TPSA) is 25.2 Å². The Hall–Kier alpha value is -0.770. The predicted octanol–water partition coefficient (Wildman–Crippen LogP) is 4.78. The molecule has 0 amide bonds. The normalized spacial score (nSPS) is 12.6. The van der Waals surface area contributed by atoms with E-state index in [1.807, 2.05) is 30.3 Å². The van der Waals surface area contributed by atoms with Gasteiger partial charge in [0.25, 0.3) is 0 Å². The van der Waals surface area contributed by atoms with E-state index in [0.717, 1.165) is 33.8 Å². The molecule has 0 saturated carbocycles. The minimum absolute atomic E-state index is 0.00931. The fourth-order valence-electron chi connectivity index (χ4n) is 1.84. The van der Waals surface area contributed by atoms with Gasteiger partial charge in [0, 0.05) is 9.50 Å². The SMILES string of the molecule is CCCNC(c1ccco1)c1cc(Br)ccc1Cl. The molecule has 1 unspecified atom stereocenters. The molecule has 2 rings (SSSR count). The number of benzene rings is 1. The zero-order chi connectivity index (χ0) is 13.0. The molecule has 96 valence electrons. The lowest BCUT2D eigenvalue weighted by Crippen LogP contribution is -2.23. The summed E-state index contributed by atoms with van der Waals surface area (Å²) in [4.78, 5) is 0. The number of hydrogen-bond acceptors (Lipinski definition) is 2. The first-order valence-electron chi connectivity index (χ1n) is 5.94. The van der Waals surface area contributed by atoms with Crippen LogP contribution >= 0.6 is 27.5 Å². The van der Waals surface area contributed by atoms with Gasteiger partial charge in [-0.05, 0) is 48.9 Å². The van der Waals surface area contributed by atoms with Crippen LogP contribution < -0.4 is 5.32 Å². The highest BCUT2D eigenvalue weighted by molar-refractivity contribution is 9.10. The van der Waals surface area contributed by atoms with Crippen molar-refractivity contribution in [2.45, 2.75) is 19.4 Å². The van der Waals surface area contributed by atoms with Gasteiger partial charge in [-0.25, -0.2) is 0 Å². The van der Waals surface area contributed by atoms with Gasteiger partial charge in [-0.2, -0.15) is 0 Å². The molecule has 1 atom stereocenters. The van der Waals surface area contributed by atoms with Gasteiger partial charge in [-0.15, -0.1) is 0 Å². The first-order chi connectivity index (χ1) is 8.72. The van der Waals surface area contributed by atoms with Gasteiger partial charge >= 0.3 is 0 Å². The smallest absolute Gasteiger partial charge is 0.125 e. The van der Waals surface area contributed by atoms with Crippen LogP contribution in [0.5, 0.6) is 0 Å². The van der Waals surface area contributed by atoms with Crippen molar-refractivity contribution in [2.75, 3.05) is 6.54 Å². The van der Waals surface area contributed by atoms with Gasteiger partial charge in [0.05, 0.1) is 12.3 Å². The monoisotopic (exact) mass is 327 g/mol. The van der Waals surface area contributed by atoms with Crippen molar-refractivity contribution >= 4 is 27.5 Å². The second-order valence-electron chi connectivity index (χ2n) is 4.07. The van der Waals surface area contributed by atoms with Gasteiger partial charge < -0.3 is 9.73 Å². The average Bonchev–Trinajstić information content (AvgIpc) is 2.88. The van der Waals surface area contributed by atoms with E-state index in [4.69, 9.17) is 16.0 Å². The van der Waals surface area contributed by atoms with Crippen LogP contribution in [0.4, 0.5) is 0 Å². The maximum Gasteiger partial charge on any atom is 0.125 e. The Kier molecular flexibility index (Phi) is 4.87. The molecule has 4 heteroatoms. The van der Waals surface area contributed by atoms with Crippen molar-refractivity contribution in [1.29, 1.82) is 0 Å². The molecule has 1 heterocycles. The number of halogens is 2. The van der Waals surface area contributed by atoms with E-state index in [1.165, 1.54) is 0 Å². The van der Waals surface area contributed by atoms with E-state index in [0.29, 0.717) is 0 Å². The second-order valence-corrected chi connectivity index (χ2v) is 5.39. The van der Waals surface area contributed by atoms with Gasteiger partial charge in [-0.3, -0.25) is 0 Å². The van der Waals surface area contributed by atoms with Gasteiger partial charge in [0.15, 0.2) is 0 Å². The van der Waals surface area contributed by atoms with Crippen molar-refractivity contribution in [3.63, 3.8) is 0 Å². The minimum Gasteiger partial charge on any atom is -0.467 e. The molecule has 0 radical (unpaired) electrons. The Morgan fingerprint density at radius 1 is 1.39 bits per heavy atom. The van der Waals surface area contributed by atoms with Crippen molar-refractivity contribution in [1.82, 2.24) is 5.32 Å². The highest BCUT2D eigenvalue weighted by atomic mass is 79.9. The standard InChI is InChI=1S/C14H15BrClNO/c1-2-7-17-14(13-4-3-8-18-13)11-9-10(15)5-6-12(11)16/h3-6,8-9,14,17H,2,7H2,1H3. The molecule has 0 spiro atoms. The number of rotatable bonds is 5. The first-order valence-corrected chi connectivity index (χ1v) is 7.11. The second kappa shape index (κ2) is 6.41. The Morgan fingerprint density at radius 3 is 2.89 bits per heavy atom. The number of nitrogens with one attached hydrogen (secondary N) is 1. The summed E-state index contributed by atoms with van der Waals surface area (Å²) >= 11 is 9.76. The summed E-state index contributed by atoms with van der Waals surface area (Å²) in [6, 6.07) is 9.70. The van der Waals surface area contributed by atoms with Crippen molar-refractivity contribution in [2.24, 2.45) is 0 Å². The zero-order valence-corrected chi connectivity index (χ0v) is 12.5. The molecule has 2 aromatic rings. The highest BCUT2D eigenvalue weighted by Crippen LogP contribution is 2.31. The Bertz CT molecular complexity index is 499. The summed E-state index contributed by atoms with van der Waals surface area (Å²) in [5, 5.41) is 4.20. The van der Waals surface area contributed by atoms with Crippen molar-refractivity contribution < 1.29 is 4.42 Å². The van der Waals surface area contributed by atoms with E-state index in [2.05, 4.69) is 28.2 Å². The van der Waals surface area contributed by atoms with Gasteiger partial charge in [0.2, 0.25) is 0 Å². The molecule has 0 aliphatic carbocycles. The first kappa shape index (κ1) is 13.7. The van der Waals surface area contributed by atoms with E-state index in [9.17, 15) is 0 Å². The Balaban J connectivity index is 2.36. The Labute approximate surface area is 120 Å².